The van der Waals surface area contributed by atoms with E-state index in [1.54, 1.807) is 0 Å². The van der Waals surface area contributed by atoms with Gasteiger partial charge in [-0.25, -0.2) is 0 Å². The second-order valence-electron chi connectivity index (χ2n) is 4.80. The van der Waals surface area contributed by atoms with Crippen LogP contribution in [-0.2, 0) is 6.54 Å². The Bertz CT molecular complexity index is 506. The molecular formula is C16H20N2. The molecule has 0 fully saturated rings. The normalized spacial score (nSPS) is 12.4. The molecule has 0 aliphatic carbocycles. The molecule has 2 heteroatoms. The third-order valence-corrected chi connectivity index (χ3v) is 3.39. The number of aryl methyl sites for hydroxylation is 2. The molecule has 0 bridgehead atoms. The Labute approximate surface area is 109 Å². The molecule has 2 nitrogen and oxygen atoms in total. The fourth-order valence-electron chi connectivity index (χ4n) is 1.92. The van der Waals surface area contributed by atoms with Gasteiger partial charge in [-0.1, -0.05) is 18.2 Å². The number of nitrogens with zero attached hydrogens (tertiary/aromatic N) is 1. The van der Waals surface area contributed by atoms with Crippen molar-refractivity contribution < 1.29 is 0 Å². The summed E-state index contributed by atoms with van der Waals surface area (Å²) in [5.74, 6) is 0. The first kappa shape index (κ1) is 12.8. The molecule has 0 aliphatic rings. The van der Waals surface area contributed by atoms with E-state index in [9.17, 15) is 0 Å². The lowest BCUT2D eigenvalue weighted by molar-refractivity contribution is 0.574. The monoisotopic (exact) mass is 240 g/mol. The maximum absolute atomic E-state index is 4.02. The van der Waals surface area contributed by atoms with Gasteiger partial charge in [-0.15, -0.1) is 0 Å². The van der Waals surface area contributed by atoms with Crippen LogP contribution < -0.4 is 5.32 Å². The van der Waals surface area contributed by atoms with Gasteiger partial charge < -0.3 is 5.32 Å². The highest BCUT2D eigenvalue weighted by Gasteiger charge is 2.05. The summed E-state index contributed by atoms with van der Waals surface area (Å²) in [4.78, 5) is 4.02. The van der Waals surface area contributed by atoms with Crippen molar-refractivity contribution in [2.45, 2.75) is 33.4 Å². The van der Waals surface area contributed by atoms with E-state index in [4.69, 9.17) is 0 Å². The molecule has 18 heavy (non-hydrogen) atoms. The molecule has 2 aromatic rings. The summed E-state index contributed by atoms with van der Waals surface area (Å²) in [6, 6.07) is 11.1. The molecule has 1 aromatic heterocycles. The molecule has 0 amide bonds. The highest BCUT2D eigenvalue weighted by atomic mass is 14.9. The van der Waals surface area contributed by atoms with E-state index < -0.39 is 0 Å². The molecular weight excluding hydrogens is 220 g/mol. The van der Waals surface area contributed by atoms with E-state index in [0.29, 0.717) is 6.04 Å². The predicted octanol–water partition coefficient (Wildman–Crippen LogP) is 3.55. The first-order chi connectivity index (χ1) is 8.66. The smallest absolute Gasteiger partial charge is 0.0295 e. The minimum atomic E-state index is 0.359. The molecule has 1 aromatic carbocycles. The average Bonchev–Trinajstić information content (AvgIpc) is 2.40. The number of benzene rings is 1. The van der Waals surface area contributed by atoms with E-state index in [1.807, 2.05) is 24.5 Å². The van der Waals surface area contributed by atoms with Gasteiger partial charge in [0.05, 0.1) is 0 Å². The zero-order valence-corrected chi connectivity index (χ0v) is 11.3. The van der Waals surface area contributed by atoms with Crippen LogP contribution in [0.25, 0.3) is 0 Å². The standard InChI is InChI=1S/C16H20N2/c1-12-4-5-16(10-13(12)2)14(3)18-11-15-6-8-17-9-7-15/h4-10,14,18H,11H2,1-3H3. The topological polar surface area (TPSA) is 24.9 Å². The second-order valence-corrected chi connectivity index (χ2v) is 4.80. The first-order valence-corrected chi connectivity index (χ1v) is 6.36. The van der Waals surface area contributed by atoms with Gasteiger partial charge in [0.25, 0.3) is 0 Å². The van der Waals surface area contributed by atoms with Crippen LogP contribution in [0.4, 0.5) is 0 Å². The summed E-state index contributed by atoms with van der Waals surface area (Å²) in [7, 11) is 0. The van der Waals surface area contributed by atoms with Gasteiger partial charge in [-0.05, 0) is 55.2 Å². The Balaban J connectivity index is 1.99. The Morgan fingerprint density at radius 2 is 1.78 bits per heavy atom. The first-order valence-electron chi connectivity index (χ1n) is 6.36. The van der Waals surface area contributed by atoms with Crippen molar-refractivity contribution >= 4 is 0 Å². The van der Waals surface area contributed by atoms with E-state index in [2.05, 4.69) is 49.3 Å². The molecule has 0 saturated carbocycles. The van der Waals surface area contributed by atoms with Crippen molar-refractivity contribution in [3.63, 3.8) is 0 Å². The fourth-order valence-corrected chi connectivity index (χ4v) is 1.92. The second kappa shape index (κ2) is 5.78. The van der Waals surface area contributed by atoms with Crippen molar-refractivity contribution in [3.8, 4) is 0 Å². The molecule has 1 unspecified atom stereocenters. The van der Waals surface area contributed by atoms with Gasteiger partial charge in [0, 0.05) is 25.0 Å². The van der Waals surface area contributed by atoms with Crippen molar-refractivity contribution in [3.05, 3.63) is 65.0 Å². The van der Waals surface area contributed by atoms with E-state index in [1.165, 1.54) is 22.3 Å². The van der Waals surface area contributed by atoms with Crippen LogP contribution in [0.1, 0.15) is 35.2 Å². The molecule has 2 rings (SSSR count). The number of hydrogen-bond acceptors (Lipinski definition) is 2. The lowest BCUT2D eigenvalue weighted by Gasteiger charge is -2.15. The lowest BCUT2D eigenvalue weighted by atomic mass is 10.0. The summed E-state index contributed by atoms with van der Waals surface area (Å²) in [6.45, 7) is 7.38. The number of hydrogen-bond donors (Lipinski definition) is 1. The molecule has 1 N–H and O–H groups in total. The lowest BCUT2D eigenvalue weighted by Crippen LogP contribution is -2.18. The number of aromatic nitrogens is 1. The van der Waals surface area contributed by atoms with Gasteiger partial charge in [-0.3, -0.25) is 4.98 Å². The largest absolute Gasteiger partial charge is 0.306 e. The number of nitrogens with one attached hydrogen (secondary N) is 1. The van der Waals surface area contributed by atoms with Gasteiger partial charge in [0.15, 0.2) is 0 Å². The number of pyridine rings is 1. The van der Waals surface area contributed by atoms with Gasteiger partial charge in [0.1, 0.15) is 0 Å². The van der Waals surface area contributed by atoms with Crippen molar-refractivity contribution in [1.29, 1.82) is 0 Å². The van der Waals surface area contributed by atoms with Crippen LogP contribution in [-0.4, -0.2) is 4.98 Å². The van der Waals surface area contributed by atoms with E-state index in [-0.39, 0.29) is 0 Å². The molecule has 0 saturated heterocycles. The summed E-state index contributed by atoms with van der Waals surface area (Å²) < 4.78 is 0. The Hall–Kier alpha value is -1.67. The maximum Gasteiger partial charge on any atom is 0.0295 e. The SMILES string of the molecule is Cc1ccc(C(C)NCc2ccncc2)cc1C. The van der Waals surface area contributed by atoms with E-state index >= 15 is 0 Å². The molecule has 0 spiro atoms. The van der Waals surface area contributed by atoms with Crippen molar-refractivity contribution in [1.82, 2.24) is 10.3 Å². The van der Waals surface area contributed by atoms with Gasteiger partial charge in [0.2, 0.25) is 0 Å². The van der Waals surface area contributed by atoms with Crippen LogP contribution >= 0.6 is 0 Å². The minimum Gasteiger partial charge on any atom is -0.306 e. The molecule has 1 atom stereocenters. The Kier molecular flexibility index (Phi) is 4.11. The summed E-state index contributed by atoms with van der Waals surface area (Å²) in [6.07, 6.45) is 3.66. The number of rotatable bonds is 4. The van der Waals surface area contributed by atoms with Crippen LogP contribution in [0, 0.1) is 13.8 Å². The average molecular weight is 240 g/mol. The molecule has 0 radical (unpaired) electrons. The third-order valence-electron chi connectivity index (χ3n) is 3.39. The highest BCUT2D eigenvalue weighted by Crippen LogP contribution is 2.17. The minimum absolute atomic E-state index is 0.359. The third kappa shape index (κ3) is 3.17. The van der Waals surface area contributed by atoms with Crippen LogP contribution in [0.5, 0.6) is 0 Å². The van der Waals surface area contributed by atoms with Crippen LogP contribution in [0.15, 0.2) is 42.7 Å². The Morgan fingerprint density at radius 3 is 2.44 bits per heavy atom. The summed E-state index contributed by atoms with van der Waals surface area (Å²) in [5, 5.41) is 3.53. The quantitative estimate of drug-likeness (QED) is 0.884. The van der Waals surface area contributed by atoms with Crippen LogP contribution in [0.3, 0.4) is 0 Å². The van der Waals surface area contributed by atoms with Crippen molar-refractivity contribution in [2.75, 3.05) is 0 Å². The Morgan fingerprint density at radius 1 is 1.06 bits per heavy atom. The van der Waals surface area contributed by atoms with Gasteiger partial charge >= 0.3 is 0 Å². The fraction of sp³-hybridized carbons (Fsp3) is 0.312. The summed E-state index contributed by atoms with van der Waals surface area (Å²) in [5.41, 5.74) is 5.30. The van der Waals surface area contributed by atoms with E-state index in [0.717, 1.165) is 6.54 Å². The predicted molar refractivity (Wildman–Crippen MR) is 75.4 cm³/mol. The van der Waals surface area contributed by atoms with Crippen LogP contribution in [0.2, 0.25) is 0 Å². The zero-order chi connectivity index (χ0) is 13.0. The highest BCUT2D eigenvalue weighted by molar-refractivity contribution is 5.31. The molecule has 0 aliphatic heterocycles. The van der Waals surface area contributed by atoms with Crippen molar-refractivity contribution in [2.24, 2.45) is 0 Å². The molecule has 94 valence electrons. The molecule has 1 heterocycles. The zero-order valence-electron chi connectivity index (χ0n) is 11.3. The summed E-state index contributed by atoms with van der Waals surface area (Å²) >= 11 is 0. The van der Waals surface area contributed by atoms with Gasteiger partial charge in [-0.2, -0.15) is 0 Å². The maximum atomic E-state index is 4.02.